The smallest absolute Gasteiger partial charge is 0.337 e. The Balaban J connectivity index is 2.23. The number of methoxy groups -OCH3 is 1. The number of aryl methyl sites for hydroxylation is 1. The lowest BCUT2D eigenvalue weighted by Gasteiger charge is -2.03. The quantitative estimate of drug-likeness (QED) is 0.744. The van der Waals surface area contributed by atoms with Gasteiger partial charge in [-0.3, -0.25) is 5.10 Å². The minimum Gasteiger partial charge on any atom is -0.465 e. The molecule has 0 radical (unpaired) electrons. The van der Waals surface area contributed by atoms with Crippen LogP contribution in [0.15, 0.2) is 36.7 Å². The van der Waals surface area contributed by atoms with E-state index in [1.54, 1.807) is 12.3 Å². The molecule has 0 aliphatic carbocycles. The number of hydrogen-bond donors (Lipinski definition) is 1. The zero-order valence-electron chi connectivity index (χ0n) is 11.4. The Morgan fingerprint density at radius 2 is 2.25 bits per heavy atom. The van der Waals surface area contributed by atoms with Crippen LogP contribution in [0.2, 0.25) is 0 Å². The largest absolute Gasteiger partial charge is 0.465 e. The molecule has 0 aliphatic rings. The zero-order valence-corrected chi connectivity index (χ0v) is 11.4. The molecular formula is C15H15N3O2. The van der Waals surface area contributed by atoms with Crippen molar-refractivity contribution in [3.05, 3.63) is 42.2 Å². The standard InChI is InChI=1S/C15H15N3O2/c1-3-18-9-12(13-6-7-16-17-13)11-5-4-10(8-14(11)18)15(19)20-2/h4-9H,3H2,1-2H3,(H,16,17). The Hall–Kier alpha value is -2.56. The number of hydrogen-bond acceptors (Lipinski definition) is 3. The first kappa shape index (κ1) is 12.5. The molecule has 0 fully saturated rings. The molecule has 2 heterocycles. The van der Waals surface area contributed by atoms with E-state index in [2.05, 4.69) is 27.9 Å². The fraction of sp³-hybridized carbons (Fsp3) is 0.200. The molecule has 1 aromatic carbocycles. The third-order valence-corrected chi connectivity index (χ3v) is 3.43. The number of nitrogens with zero attached hydrogens (tertiary/aromatic N) is 2. The van der Waals surface area contributed by atoms with Crippen molar-refractivity contribution in [3.63, 3.8) is 0 Å². The fourth-order valence-corrected chi connectivity index (χ4v) is 2.42. The van der Waals surface area contributed by atoms with E-state index in [-0.39, 0.29) is 5.97 Å². The molecular weight excluding hydrogens is 254 g/mol. The van der Waals surface area contributed by atoms with E-state index in [0.717, 1.165) is 28.7 Å². The van der Waals surface area contributed by atoms with E-state index in [1.807, 2.05) is 18.2 Å². The van der Waals surface area contributed by atoms with Gasteiger partial charge in [0.25, 0.3) is 0 Å². The zero-order chi connectivity index (χ0) is 14.1. The van der Waals surface area contributed by atoms with E-state index >= 15 is 0 Å². The summed E-state index contributed by atoms with van der Waals surface area (Å²) in [5, 5.41) is 8.05. The fourth-order valence-electron chi connectivity index (χ4n) is 2.42. The number of ether oxygens (including phenoxy) is 1. The Kier molecular flexibility index (Phi) is 3.02. The highest BCUT2D eigenvalue weighted by atomic mass is 16.5. The van der Waals surface area contributed by atoms with Crippen molar-refractivity contribution in [2.24, 2.45) is 0 Å². The monoisotopic (exact) mass is 269 g/mol. The van der Waals surface area contributed by atoms with Crippen LogP contribution in [0.3, 0.4) is 0 Å². The van der Waals surface area contributed by atoms with Gasteiger partial charge < -0.3 is 9.30 Å². The van der Waals surface area contributed by atoms with E-state index in [0.29, 0.717) is 5.56 Å². The Morgan fingerprint density at radius 1 is 1.40 bits per heavy atom. The molecule has 3 rings (SSSR count). The predicted molar refractivity (Wildman–Crippen MR) is 76.5 cm³/mol. The summed E-state index contributed by atoms with van der Waals surface area (Å²) < 4.78 is 6.88. The molecule has 0 atom stereocenters. The second kappa shape index (κ2) is 4.85. The lowest BCUT2D eigenvalue weighted by Crippen LogP contribution is -2.01. The highest BCUT2D eigenvalue weighted by molar-refractivity contribution is 6.00. The predicted octanol–water partition coefficient (Wildman–Crippen LogP) is 2.84. The van der Waals surface area contributed by atoms with E-state index < -0.39 is 0 Å². The van der Waals surface area contributed by atoms with Crippen molar-refractivity contribution in [1.82, 2.24) is 14.8 Å². The van der Waals surface area contributed by atoms with Gasteiger partial charge in [0, 0.05) is 35.4 Å². The number of aromatic nitrogens is 3. The number of fused-ring (bicyclic) bond motifs is 1. The first-order valence-electron chi connectivity index (χ1n) is 6.45. The van der Waals surface area contributed by atoms with E-state index in [9.17, 15) is 4.79 Å². The maximum atomic E-state index is 11.6. The van der Waals surface area contributed by atoms with E-state index in [1.165, 1.54) is 7.11 Å². The average molecular weight is 269 g/mol. The first-order valence-corrected chi connectivity index (χ1v) is 6.45. The molecule has 0 bridgehead atoms. The minimum atomic E-state index is -0.321. The molecule has 0 aliphatic heterocycles. The molecule has 0 amide bonds. The van der Waals surface area contributed by atoms with Gasteiger partial charge in [-0.2, -0.15) is 5.10 Å². The Labute approximate surface area is 116 Å². The number of aromatic amines is 1. The lowest BCUT2D eigenvalue weighted by molar-refractivity contribution is 0.0601. The van der Waals surface area contributed by atoms with Crippen LogP contribution >= 0.6 is 0 Å². The number of rotatable bonds is 3. The first-order chi connectivity index (χ1) is 9.74. The average Bonchev–Trinajstić information content (AvgIpc) is 3.12. The van der Waals surface area contributed by atoms with Crippen LogP contribution < -0.4 is 0 Å². The van der Waals surface area contributed by atoms with Crippen LogP contribution in [0, 0.1) is 0 Å². The van der Waals surface area contributed by atoms with E-state index in [4.69, 9.17) is 4.74 Å². The summed E-state index contributed by atoms with van der Waals surface area (Å²) in [4.78, 5) is 11.6. The molecule has 0 unspecified atom stereocenters. The molecule has 1 N–H and O–H groups in total. The number of esters is 1. The highest BCUT2D eigenvalue weighted by Crippen LogP contribution is 2.30. The van der Waals surface area contributed by atoms with Crippen LogP contribution in [-0.2, 0) is 11.3 Å². The summed E-state index contributed by atoms with van der Waals surface area (Å²) in [6.07, 6.45) is 3.80. The van der Waals surface area contributed by atoms with Gasteiger partial charge in [-0.25, -0.2) is 4.79 Å². The van der Waals surface area contributed by atoms with Crippen molar-refractivity contribution in [1.29, 1.82) is 0 Å². The Morgan fingerprint density at radius 3 is 2.90 bits per heavy atom. The molecule has 2 aromatic heterocycles. The number of carbonyl (C=O) groups is 1. The molecule has 5 nitrogen and oxygen atoms in total. The topological polar surface area (TPSA) is 59.9 Å². The molecule has 5 heteroatoms. The van der Waals surface area contributed by atoms with Crippen LogP contribution in [0.5, 0.6) is 0 Å². The van der Waals surface area contributed by atoms with Crippen molar-refractivity contribution in [2.45, 2.75) is 13.5 Å². The maximum absolute atomic E-state index is 11.6. The third kappa shape index (κ3) is 1.87. The van der Waals surface area contributed by atoms with Gasteiger partial charge in [0.2, 0.25) is 0 Å². The van der Waals surface area contributed by atoms with Gasteiger partial charge in [-0.05, 0) is 25.1 Å². The van der Waals surface area contributed by atoms with Crippen molar-refractivity contribution in [3.8, 4) is 11.3 Å². The summed E-state index contributed by atoms with van der Waals surface area (Å²) in [7, 11) is 1.39. The van der Waals surface area contributed by atoms with Gasteiger partial charge in [-0.1, -0.05) is 6.07 Å². The summed E-state index contributed by atoms with van der Waals surface area (Å²) in [6.45, 7) is 2.90. The number of H-pyrrole nitrogens is 1. The highest BCUT2D eigenvalue weighted by Gasteiger charge is 2.13. The molecule has 0 saturated heterocycles. The van der Waals surface area contributed by atoms with Crippen molar-refractivity contribution >= 4 is 16.9 Å². The summed E-state index contributed by atoms with van der Waals surface area (Å²) in [5.41, 5.74) is 3.62. The van der Waals surface area contributed by atoms with Gasteiger partial charge in [0.1, 0.15) is 0 Å². The minimum absolute atomic E-state index is 0.321. The van der Waals surface area contributed by atoms with Crippen LogP contribution in [0.1, 0.15) is 17.3 Å². The van der Waals surface area contributed by atoms with Crippen molar-refractivity contribution < 1.29 is 9.53 Å². The molecule has 3 aromatic rings. The van der Waals surface area contributed by atoms with Crippen LogP contribution in [0.25, 0.3) is 22.2 Å². The van der Waals surface area contributed by atoms with Gasteiger partial charge in [0.15, 0.2) is 0 Å². The van der Waals surface area contributed by atoms with Gasteiger partial charge >= 0.3 is 5.97 Å². The SMILES string of the molecule is CCn1cc(-c2ccn[nH]2)c2ccc(C(=O)OC)cc21. The van der Waals surface area contributed by atoms with Crippen molar-refractivity contribution in [2.75, 3.05) is 7.11 Å². The summed E-state index contributed by atoms with van der Waals surface area (Å²) >= 11 is 0. The molecule has 20 heavy (non-hydrogen) atoms. The molecule has 102 valence electrons. The maximum Gasteiger partial charge on any atom is 0.337 e. The third-order valence-electron chi connectivity index (χ3n) is 3.43. The van der Waals surface area contributed by atoms with Crippen LogP contribution in [0.4, 0.5) is 0 Å². The lowest BCUT2D eigenvalue weighted by atomic mass is 10.1. The second-order valence-corrected chi connectivity index (χ2v) is 4.52. The summed E-state index contributed by atoms with van der Waals surface area (Å²) in [5.74, 6) is -0.321. The Bertz CT molecular complexity index is 757. The van der Waals surface area contributed by atoms with Gasteiger partial charge in [-0.15, -0.1) is 0 Å². The van der Waals surface area contributed by atoms with Crippen LogP contribution in [-0.4, -0.2) is 27.8 Å². The van der Waals surface area contributed by atoms with Gasteiger partial charge in [0.05, 0.1) is 18.4 Å². The molecule has 0 saturated carbocycles. The molecule has 0 spiro atoms. The second-order valence-electron chi connectivity index (χ2n) is 4.52. The normalized spacial score (nSPS) is 10.9. The number of nitrogens with one attached hydrogen (secondary N) is 1. The number of carbonyl (C=O) groups excluding carboxylic acids is 1. The number of benzene rings is 1. The summed E-state index contributed by atoms with van der Waals surface area (Å²) in [6, 6.07) is 7.53.